The summed E-state index contributed by atoms with van der Waals surface area (Å²) in [5.74, 6) is 0. The Morgan fingerprint density at radius 2 is 0.633 bits per heavy atom. The Bertz CT molecular complexity index is 1050. The highest BCUT2D eigenvalue weighted by atomic mass is 14.7. The Morgan fingerprint density at radius 3 is 0.967 bits per heavy atom. The van der Waals surface area contributed by atoms with Gasteiger partial charge < -0.3 is 0 Å². The first kappa shape index (κ1) is 18.1. The van der Waals surface area contributed by atoms with Gasteiger partial charge in [-0.25, -0.2) is 4.98 Å². The maximum Gasteiger partial charge on any atom is 0.0788 e. The van der Waals surface area contributed by atoms with E-state index in [2.05, 4.69) is 115 Å². The molecule has 142 valence electrons. The maximum absolute atomic E-state index is 5.27. The first-order valence-electron chi connectivity index (χ1n) is 10.2. The van der Waals surface area contributed by atoms with Crippen molar-refractivity contribution >= 4 is 0 Å². The standard InChI is InChI=1S/C29H21N/c1-5-13-22(14-6-1)26-21-27(23-15-7-2-8-16-23)29(25-19-11-4-12-20-25)30-28(26)24-17-9-3-10-18-24/h1-21H. The fourth-order valence-corrected chi connectivity index (χ4v) is 3.82. The molecule has 1 heteroatoms. The van der Waals surface area contributed by atoms with Crippen LogP contribution in [0.25, 0.3) is 44.8 Å². The van der Waals surface area contributed by atoms with E-state index in [9.17, 15) is 0 Å². The average Bonchev–Trinajstić information content (AvgIpc) is 2.85. The van der Waals surface area contributed by atoms with E-state index in [0.717, 1.165) is 33.6 Å². The van der Waals surface area contributed by atoms with Crippen LogP contribution in [0.15, 0.2) is 127 Å². The van der Waals surface area contributed by atoms with Crippen LogP contribution in [0, 0.1) is 0 Å². The molecule has 0 aliphatic rings. The molecule has 0 N–H and O–H groups in total. The first-order chi connectivity index (χ1) is 14.9. The second-order valence-electron chi connectivity index (χ2n) is 7.24. The minimum atomic E-state index is 1.00. The summed E-state index contributed by atoms with van der Waals surface area (Å²) in [5.41, 5.74) is 8.85. The van der Waals surface area contributed by atoms with Crippen LogP contribution in [0.1, 0.15) is 0 Å². The van der Waals surface area contributed by atoms with E-state index in [4.69, 9.17) is 4.98 Å². The number of hydrogen-bond acceptors (Lipinski definition) is 1. The summed E-state index contributed by atoms with van der Waals surface area (Å²) in [6.45, 7) is 0. The zero-order chi connectivity index (χ0) is 20.2. The number of hydrogen-bond donors (Lipinski definition) is 0. The molecule has 0 fully saturated rings. The van der Waals surface area contributed by atoms with Crippen molar-refractivity contribution in [1.82, 2.24) is 4.98 Å². The molecule has 30 heavy (non-hydrogen) atoms. The fraction of sp³-hybridized carbons (Fsp3) is 0. The number of nitrogens with zero attached hydrogens (tertiary/aromatic N) is 1. The Hall–Kier alpha value is -3.97. The van der Waals surface area contributed by atoms with Crippen LogP contribution in [0.5, 0.6) is 0 Å². The quantitative estimate of drug-likeness (QED) is 0.309. The SMILES string of the molecule is c1ccc(-c2cc(-c3ccccc3)c(-c3ccccc3)nc2-c2ccccc2)cc1. The minimum absolute atomic E-state index is 1.00. The summed E-state index contributed by atoms with van der Waals surface area (Å²) >= 11 is 0. The van der Waals surface area contributed by atoms with Crippen LogP contribution >= 0.6 is 0 Å². The molecule has 0 aliphatic carbocycles. The number of aromatic nitrogens is 1. The van der Waals surface area contributed by atoms with Crippen molar-refractivity contribution in [2.45, 2.75) is 0 Å². The van der Waals surface area contributed by atoms with Gasteiger partial charge in [-0.2, -0.15) is 0 Å². The smallest absolute Gasteiger partial charge is 0.0788 e. The molecule has 1 aromatic heterocycles. The van der Waals surface area contributed by atoms with E-state index in [1.165, 1.54) is 11.1 Å². The fourth-order valence-electron chi connectivity index (χ4n) is 3.82. The zero-order valence-corrected chi connectivity index (χ0v) is 16.6. The molecule has 0 aliphatic heterocycles. The van der Waals surface area contributed by atoms with Crippen molar-refractivity contribution in [3.63, 3.8) is 0 Å². The zero-order valence-electron chi connectivity index (χ0n) is 16.6. The third-order valence-electron chi connectivity index (χ3n) is 5.29. The van der Waals surface area contributed by atoms with E-state index in [0.29, 0.717) is 0 Å². The molecule has 1 nitrogen and oxygen atoms in total. The van der Waals surface area contributed by atoms with E-state index in [-0.39, 0.29) is 0 Å². The summed E-state index contributed by atoms with van der Waals surface area (Å²) < 4.78 is 0. The van der Waals surface area contributed by atoms with Crippen LogP contribution in [-0.4, -0.2) is 4.98 Å². The molecule has 0 saturated heterocycles. The van der Waals surface area contributed by atoms with E-state index >= 15 is 0 Å². The van der Waals surface area contributed by atoms with Crippen molar-refractivity contribution in [2.24, 2.45) is 0 Å². The Balaban J connectivity index is 1.85. The highest BCUT2D eigenvalue weighted by molar-refractivity contribution is 5.90. The summed E-state index contributed by atoms with van der Waals surface area (Å²) in [5, 5.41) is 0. The summed E-state index contributed by atoms with van der Waals surface area (Å²) in [7, 11) is 0. The average molecular weight is 383 g/mol. The lowest BCUT2D eigenvalue weighted by molar-refractivity contribution is 1.32. The maximum atomic E-state index is 5.27. The molecule has 0 amide bonds. The molecule has 0 unspecified atom stereocenters. The van der Waals surface area contributed by atoms with Crippen LogP contribution in [0.4, 0.5) is 0 Å². The second-order valence-corrected chi connectivity index (χ2v) is 7.24. The summed E-state index contributed by atoms with van der Waals surface area (Å²) in [6.07, 6.45) is 0. The normalized spacial score (nSPS) is 10.7. The monoisotopic (exact) mass is 383 g/mol. The highest BCUT2D eigenvalue weighted by Gasteiger charge is 2.17. The van der Waals surface area contributed by atoms with Gasteiger partial charge in [0.2, 0.25) is 0 Å². The summed E-state index contributed by atoms with van der Waals surface area (Å²) in [6, 6.07) is 44.2. The lowest BCUT2D eigenvalue weighted by atomic mass is 9.92. The van der Waals surface area contributed by atoms with Gasteiger partial charge in [-0.05, 0) is 17.2 Å². The third-order valence-corrected chi connectivity index (χ3v) is 5.29. The van der Waals surface area contributed by atoms with Crippen molar-refractivity contribution < 1.29 is 0 Å². The predicted molar refractivity (Wildman–Crippen MR) is 126 cm³/mol. The van der Waals surface area contributed by atoms with Gasteiger partial charge in [0, 0.05) is 22.3 Å². The molecule has 0 radical (unpaired) electrons. The van der Waals surface area contributed by atoms with Gasteiger partial charge in [-0.15, -0.1) is 0 Å². The molecule has 0 spiro atoms. The van der Waals surface area contributed by atoms with Crippen molar-refractivity contribution in [3.8, 4) is 44.8 Å². The van der Waals surface area contributed by atoms with Crippen molar-refractivity contribution in [3.05, 3.63) is 127 Å². The first-order valence-corrected chi connectivity index (χ1v) is 10.2. The highest BCUT2D eigenvalue weighted by Crippen LogP contribution is 2.39. The van der Waals surface area contributed by atoms with E-state index in [1.54, 1.807) is 0 Å². The Morgan fingerprint density at radius 1 is 0.333 bits per heavy atom. The molecule has 0 saturated carbocycles. The van der Waals surface area contributed by atoms with Gasteiger partial charge >= 0.3 is 0 Å². The van der Waals surface area contributed by atoms with Gasteiger partial charge in [-0.3, -0.25) is 0 Å². The van der Waals surface area contributed by atoms with Gasteiger partial charge in [-0.1, -0.05) is 121 Å². The van der Waals surface area contributed by atoms with Gasteiger partial charge in [0.25, 0.3) is 0 Å². The lowest BCUT2D eigenvalue weighted by Gasteiger charge is -2.17. The Labute approximate surface area is 177 Å². The van der Waals surface area contributed by atoms with Gasteiger partial charge in [0.05, 0.1) is 11.4 Å². The molecule has 5 aromatic rings. The lowest BCUT2D eigenvalue weighted by Crippen LogP contribution is -1.96. The molecule has 0 bridgehead atoms. The number of benzene rings is 4. The molecular formula is C29H21N. The van der Waals surface area contributed by atoms with Gasteiger partial charge in [0.15, 0.2) is 0 Å². The predicted octanol–water partition coefficient (Wildman–Crippen LogP) is 7.75. The largest absolute Gasteiger partial charge is 0.246 e. The topological polar surface area (TPSA) is 12.9 Å². The van der Waals surface area contributed by atoms with Crippen LogP contribution in [0.3, 0.4) is 0 Å². The van der Waals surface area contributed by atoms with Crippen LogP contribution in [-0.2, 0) is 0 Å². The van der Waals surface area contributed by atoms with Gasteiger partial charge in [0.1, 0.15) is 0 Å². The van der Waals surface area contributed by atoms with Crippen LogP contribution in [0.2, 0.25) is 0 Å². The van der Waals surface area contributed by atoms with E-state index in [1.807, 2.05) is 12.1 Å². The number of rotatable bonds is 4. The number of pyridine rings is 1. The molecule has 0 atom stereocenters. The molecule has 5 rings (SSSR count). The third kappa shape index (κ3) is 3.54. The molecule has 4 aromatic carbocycles. The molecule has 1 heterocycles. The van der Waals surface area contributed by atoms with E-state index < -0.39 is 0 Å². The van der Waals surface area contributed by atoms with Crippen molar-refractivity contribution in [1.29, 1.82) is 0 Å². The summed E-state index contributed by atoms with van der Waals surface area (Å²) in [4.78, 5) is 5.27. The van der Waals surface area contributed by atoms with Crippen LogP contribution < -0.4 is 0 Å². The minimum Gasteiger partial charge on any atom is -0.246 e. The second kappa shape index (κ2) is 8.18. The van der Waals surface area contributed by atoms with Crippen molar-refractivity contribution in [2.75, 3.05) is 0 Å². The molecular weight excluding hydrogens is 362 g/mol. The Kier molecular flexibility index (Phi) is 4.93.